The minimum Gasteiger partial charge on any atom is -0.260 e. The van der Waals surface area contributed by atoms with Crippen molar-refractivity contribution >= 4 is 12.4 Å². The Hall–Kier alpha value is -1.09. The molecule has 0 saturated heterocycles. The predicted octanol–water partition coefficient (Wildman–Crippen LogP) is 4.16. The van der Waals surface area contributed by atoms with Crippen molar-refractivity contribution < 1.29 is 0 Å². The topological polar surface area (TPSA) is 36.8 Å². The van der Waals surface area contributed by atoms with Gasteiger partial charge in [0.15, 0.2) is 0 Å². The molecule has 0 aromatic heterocycles. The van der Waals surface area contributed by atoms with Crippen LogP contribution in [0.25, 0.3) is 0 Å². The van der Waals surface area contributed by atoms with Gasteiger partial charge >= 0.3 is 0 Å². The first-order chi connectivity index (χ1) is 7.24. The number of nitrogens with one attached hydrogen (secondary N) is 1. The van der Waals surface area contributed by atoms with E-state index < -0.39 is 0 Å². The Balaban J connectivity index is 0.00000225. The Morgan fingerprint density at radius 2 is 2.19 bits per heavy atom. The zero-order valence-corrected chi connectivity index (χ0v) is 10.9. The molecular weight excluding hydrogens is 222 g/mol. The van der Waals surface area contributed by atoms with Crippen molar-refractivity contribution in [1.29, 1.82) is 0 Å². The van der Waals surface area contributed by atoms with Crippen LogP contribution in [0.4, 0.5) is 0 Å². The highest BCUT2D eigenvalue weighted by Crippen LogP contribution is 2.11. The standard InChI is InChI=1S/C12H19N3.ClH/c1-4-12(10(2)3)14-15-13-11-8-6-5-7-9-11;/h4,6,8-10H,5,7H2,1-3H3,(H,13,14);1H/b12-4-;. The molecule has 0 fully saturated rings. The monoisotopic (exact) mass is 241 g/mol. The van der Waals surface area contributed by atoms with Crippen LogP contribution in [-0.4, -0.2) is 0 Å². The maximum absolute atomic E-state index is 4.14. The number of halogens is 1. The van der Waals surface area contributed by atoms with Crippen LogP contribution in [0.15, 0.2) is 46.0 Å². The summed E-state index contributed by atoms with van der Waals surface area (Å²) in [6.45, 7) is 6.19. The molecule has 0 saturated carbocycles. The fourth-order valence-corrected chi connectivity index (χ4v) is 1.34. The van der Waals surface area contributed by atoms with Crippen molar-refractivity contribution in [3.05, 3.63) is 35.7 Å². The van der Waals surface area contributed by atoms with E-state index >= 15 is 0 Å². The largest absolute Gasteiger partial charge is 0.260 e. The van der Waals surface area contributed by atoms with E-state index in [0.29, 0.717) is 5.92 Å². The SMILES string of the molecule is C/C=C(\N=NNC1=CCCC=C1)C(C)C.Cl. The van der Waals surface area contributed by atoms with Crippen LogP contribution in [-0.2, 0) is 0 Å². The van der Waals surface area contributed by atoms with Gasteiger partial charge in [-0.05, 0) is 31.8 Å². The molecule has 0 aliphatic heterocycles. The van der Waals surface area contributed by atoms with Crippen molar-refractivity contribution in [3.8, 4) is 0 Å². The van der Waals surface area contributed by atoms with Gasteiger partial charge in [-0.1, -0.05) is 37.3 Å². The minimum absolute atomic E-state index is 0. The lowest BCUT2D eigenvalue weighted by molar-refractivity contribution is 0.704. The Bertz CT molecular complexity index is 314. The lowest BCUT2D eigenvalue weighted by Crippen LogP contribution is -2.04. The van der Waals surface area contributed by atoms with E-state index in [9.17, 15) is 0 Å². The van der Waals surface area contributed by atoms with Gasteiger partial charge < -0.3 is 0 Å². The van der Waals surface area contributed by atoms with Gasteiger partial charge in [0.05, 0.1) is 11.4 Å². The maximum atomic E-state index is 4.14. The Morgan fingerprint density at radius 3 is 2.69 bits per heavy atom. The van der Waals surface area contributed by atoms with Crippen LogP contribution in [0.2, 0.25) is 0 Å². The second kappa shape index (κ2) is 8.11. The fraction of sp³-hybridized carbons (Fsp3) is 0.500. The summed E-state index contributed by atoms with van der Waals surface area (Å²) in [4.78, 5) is 0. The molecule has 0 aromatic carbocycles. The third-order valence-corrected chi connectivity index (χ3v) is 2.23. The number of hydrogen-bond acceptors (Lipinski definition) is 2. The van der Waals surface area contributed by atoms with E-state index in [0.717, 1.165) is 24.2 Å². The molecule has 0 radical (unpaired) electrons. The summed E-state index contributed by atoms with van der Waals surface area (Å²) < 4.78 is 0. The lowest BCUT2D eigenvalue weighted by atomic mass is 10.1. The average molecular weight is 242 g/mol. The van der Waals surface area contributed by atoms with Gasteiger partial charge in [0.25, 0.3) is 0 Å². The quantitative estimate of drug-likeness (QED) is 0.582. The zero-order chi connectivity index (χ0) is 11.1. The van der Waals surface area contributed by atoms with Crippen molar-refractivity contribution in [2.24, 2.45) is 16.3 Å². The van der Waals surface area contributed by atoms with Crippen LogP contribution in [0.3, 0.4) is 0 Å². The molecule has 0 atom stereocenters. The first kappa shape index (κ1) is 14.9. The Morgan fingerprint density at radius 1 is 1.44 bits per heavy atom. The maximum Gasteiger partial charge on any atom is 0.0630 e. The number of rotatable bonds is 4. The number of hydrogen-bond donors (Lipinski definition) is 1. The summed E-state index contributed by atoms with van der Waals surface area (Å²) in [5.41, 5.74) is 4.97. The van der Waals surface area contributed by atoms with Gasteiger partial charge in [-0.3, -0.25) is 5.43 Å². The molecule has 1 rings (SSSR count). The molecule has 0 aromatic rings. The third-order valence-electron chi connectivity index (χ3n) is 2.23. The van der Waals surface area contributed by atoms with Gasteiger partial charge in [0.2, 0.25) is 0 Å². The van der Waals surface area contributed by atoms with Crippen molar-refractivity contribution in [3.63, 3.8) is 0 Å². The third kappa shape index (κ3) is 5.12. The average Bonchev–Trinajstić information content (AvgIpc) is 2.25. The smallest absolute Gasteiger partial charge is 0.0630 e. The molecule has 0 heterocycles. The van der Waals surface area contributed by atoms with E-state index in [1.54, 1.807) is 0 Å². The molecule has 0 spiro atoms. The molecule has 1 aliphatic carbocycles. The van der Waals surface area contributed by atoms with Gasteiger partial charge in [0.1, 0.15) is 0 Å². The first-order valence-corrected chi connectivity index (χ1v) is 5.43. The van der Waals surface area contributed by atoms with Crippen LogP contribution < -0.4 is 5.43 Å². The van der Waals surface area contributed by atoms with E-state index in [1.165, 1.54) is 0 Å². The van der Waals surface area contributed by atoms with Gasteiger partial charge in [-0.25, -0.2) is 0 Å². The van der Waals surface area contributed by atoms with Crippen molar-refractivity contribution in [2.75, 3.05) is 0 Å². The van der Waals surface area contributed by atoms with Crippen LogP contribution >= 0.6 is 12.4 Å². The molecule has 0 bridgehead atoms. The minimum atomic E-state index is 0. The highest BCUT2D eigenvalue weighted by molar-refractivity contribution is 5.85. The van der Waals surface area contributed by atoms with Crippen LogP contribution in [0.1, 0.15) is 33.6 Å². The molecule has 1 N–H and O–H groups in total. The summed E-state index contributed by atoms with van der Waals surface area (Å²) in [6, 6.07) is 0. The van der Waals surface area contributed by atoms with Crippen LogP contribution in [0.5, 0.6) is 0 Å². The van der Waals surface area contributed by atoms with Crippen molar-refractivity contribution in [2.45, 2.75) is 33.6 Å². The lowest BCUT2D eigenvalue weighted by Gasteiger charge is -2.06. The van der Waals surface area contributed by atoms with Crippen LogP contribution in [0, 0.1) is 5.92 Å². The molecule has 90 valence electrons. The molecular formula is C12H20ClN3. The van der Waals surface area contributed by atoms with E-state index in [-0.39, 0.29) is 12.4 Å². The normalized spacial score (nSPS) is 16.2. The Labute approximate surface area is 104 Å². The Kier molecular flexibility index (Phi) is 7.56. The summed E-state index contributed by atoms with van der Waals surface area (Å²) in [6.07, 6.45) is 10.5. The van der Waals surface area contributed by atoms with E-state index in [4.69, 9.17) is 0 Å². The highest BCUT2D eigenvalue weighted by atomic mass is 35.5. The zero-order valence-electron chi connectivity index (χ0n) is 10.1. The predicted molar refractivity (Wildman–Crippen MR) is 70.3 cm³/mol. The van der Waals surface area contributed by atoms with Gasteiger partial charge in [-0.15, -0.1) is 17.5 Å². The van der Waals surface area contributed by atoms with Gasteiger partial charge in [-0.2, -0.15) is 0 Å². The second-order valence-electron chi connectivity index (χ2n) is 3.82. The molecule has 4 heteroatoms. The van der Waals surface area contributed by atoms with E-state index in [2.05, 4.69) is 41.8 Å². The first-order valence-electron chi connectivity index (χ1n) is 5.43. The summed E-state index contributed by atoms with van der Waals surface area (Å²) in [7, 11) is 0. The summed E-state index contributed by atoms with van der Waals surface area (Å²) in [5.74, 6) is 0.413. The number of nitrogens with zero attached hydrogens (tertiary/aromatic N) is 2. The summed E-state index contributed by atoms with van der Waals surface area (Å²) >= 11 is 0. The van der Waals surface area contributed by atoms with Gasteiger partial charge in [0, 0.05) is 0 Å². The van der Waals surface area contributed by atoms with E-state index in [1.807, 2.05) is 19.1 Å². The van der Waals surface area contributed by atoms with Crippen molar-refractivity contribution in [1.82, 2.24) is 5.43 Å². The fourth-order valence-electron chi connectivity index (χ4n) is 1.34. The molecule has 16 heavy (non-hydrogen) atoms. The molecule has 0 unspecified atom stereocenters. The molecule has 1 aliphatic rings. The summed E-state index contributed by atoms with van der Waals surface area (Å²) in [5, 5.41) is 8.11. The second-order valence-corrected chi connectivity index (χ2v) is 3.82. The number of allylic oxidation sites excluding steroid dienone is 5. The molecule has 3 nitrogen and oxygen atoms in total. The highest BCUT2D eigenvalue weighted by Gasteiger charge is 1.99. The molecule has 0 amide bonds.